The molecule has 2 saturated heterocycles. The molecule has 3 aromatic rings. The molecule has 7 heterocycles. The van der Waals surface area contributed by atoms with Crippen molar-refractivity contribution in [2.24, 2.45) is 0 Å². The number of rotatable bonds is 8. The number of fused-ring (bicyclic) bond motifs is 8. The fourth-order valence-electron chi connectivity index (χ4n) is 6.53. The van der Waals surface area contributed by atoms with Crippen molar-refractivity contribution in [1.82, 2.24) is 19.9 Å². The summed E-state index contributed by atoms with van der Waals surface area (Å²) in [6, 6.07) is 8.05. The summed E-state index contributed by atoms with van der Waals surface area (Å²) in [7, 11) is 2.79. The molecule has 4 aliphatic rings. The fourth-order valence-corrected chi connectivity index (χ4v) is 6.53. The number of carbonyl (C=O) groups excluding carboxylic acids is 2. The number of aromatic nitrogens is 4. The van der Waals surface area contributed by atoms with Crippen LogP contribution in [-0.2, 0) is 60.9 Å². The molecule has 47 heavy (non-hydrogen) atoms. The molecule has 11 heteroatoms. The quantitative estimate of drug-likeness (QED) is 0.180. The van der Waals surface area contributed by atoms with Gasteiger partial charge in [0.25, 0.3) is 0 Å². The van der Waals surface area contributed by atoms with E-state index >= 15 is 0 Å². The smallest absolute Gasteiger partial charge is 0.657 e. The third kappa shape index (κ3) is 6.24. The Balaban J connectivity index is 0.00000386. The van der Waals surface area contributed by atoms with E-state index in [9.17, 15) is 9.59 Å². The molecule has 0 radical (unpaired) electrons. The van der Waals surface area contributed by atoms with Crippen molar-refractivity contribution in [2.75, 3.05) is 27.4 Å². The van der Waals surface area contributed by atoms with Crippen LogP contribution in [0, 0.1) is 13.8 Å². The molecule has 0 aliphatic carbocycles. The molecule has 0 saturated carbocycles. The van der Waals surface area contributed by atoms with E-state index in [0.717, 1.165) is 89.4 Å². The van der Waals surface area contributed by atoms with Crippen LogP contribution in [0.4, 0.5) is 0 Å². The number of ether oxygens (including phenoxy) is 4. The van der Waals surface area contributed by atoms with Crippen molar-refractivity contribution >= 4 is 56.3 Å². The second-order valence-electron chi connectivity index (χ2n) is 12.2. The second-order valence-corrected chi connectivity index (χ2v) is 12.2. The van der Waals surface area contributed by atoms with Gasteiger partial charge in [-0.3, -0.25) is 9.59 Å². The number of hydrogen-bond acceptors (Lipinski definition) is 8. The predicted octanol–water partition coefficient (Wildman–Crippen LogP) is 5.06. The molecule has 8 bridgehead atoms. The van der Waals surface area contributed by atoms with Crippen LogP contribution in [0.25, 0.3) is 44.4 Å². The van der Waals surface area contributed by atoms with Gasteiger partial charge < -0.3 is 28.9 Å². The molecule has 4 aliphatic heterocycles. The van der Waals surface area contributed by atoms with Crippen LogP contribution >= 0.6 is 0 Å². The number of hydrogen-bond donors (Lipinski definition) is 0. The van der Waals surface area contributed by atoms with Gasteiger partial charge in [-0.05, 0) is 57.7 Å². The minimum atomic E-state index is -0.289. The minimum Gasteiger partial charge on any atom is -0.657 e. The molecule has 7 rings (SSSR count). The number of nitrogens with zero attached hydrogens (tertiary/aromatic N) is 4. The average Bonchev–Trinajstić information content (AvgIpc) is 3.95. The van der Waals surface area contributed by atoms with Gasteiger partial charge in [0, 0.05) is 24.0 Å². The van der Waals surface area contributed by atoms with Crippen LogP contribution in [0.3, 0.4) is 0 Å². The topological polar surface area (TPSA) is 132 Å². The summed E-state index contributed by atoms with van der Waals surface area (Å²) in [6.07, 6.45) is 1.34. The standard InChI is InChI=1S/C36H36N4O6.Zn/c1-17-21(7-9-33(41)43-5)27-14-28-22(8-10-34(42)44-6)18(2)24(38-28)12-29-36(32-16-46-32)20(4)26(40-29)13-30-35(31-15-45-31)19(3)25(39-30)11-23(17)37-27;/h11-14,31-32H,7-10,15-16H2,1-6H3;/q-2;+2. The SMILES string of the molecule is COC(=O)CCc1c(C)c2cc3nc(cc4nc(cc5[n-]c(cc1[n-]2)c(CCC(=O)OC)c5C)C(C1CO1)=C4C)C(C1CO1)=C3C.[Zn+2]. The van der Waals surface area contributed by atoms with E-state index in [4.69, 9.17) is 38.9 Å². The van der Waals surface area contributed by atoms with Crippen molar-refractivity contribution in [3.63, 3.8) is 0 Å². The largest absolute Gasteiger partial charge is 2.00 e. The van der Waals surface area contributed by atoms with Gasteiger partial charge in [0.2, 0.25) is 0 Å². The fraction of sp³-hybridized carbons (Fsp3) is 0.389. The normalized spacial score (nSPS) is 18.3. The van der Waals surface area contributed by atoms with Gasteiger partial charge in [-0.25, -0.2) is 9.97 Å². The van der Waals surface area contributed by atoms with Crippen molar-refractivity contribution in [3.05, 3.63) is 69.3 Å². The summed E-state index contributed by atoms with van der Waals surface area (Å²) < 4.78 is 21.4. The first kappa shape index (κ1) is 33.0. The van der Waals surface area contributed by atoms with Gasteiger partial charge in [-0.1, -0.05) is 40.5 Å². The van der Waals surface area contributed by atoms with Crippen molar-refractivity contribution in [1.29, 1.82) is 0 Å². The number of epoxide rings is 2. The van der Waals surface area contributed by atoms with Crippen LogP contribution in [-0.4, -0.2) is 61.5 Å². The maximum Gasteiger partial charge on any atom is 2.00 e. The number of esters is 2. The molecule has 2 unspecified atom stereocenters. The summed E-state index contributed by atoms with van der Waals surface area (Å²) in [6.45, 7) is 9.51. The number of carbonyl (C=O) groups is 2. The zero-order valence-corrected chi connectivity index (χ0v) is 30.6. The van der Waals surface area contributed by atoms with Gasteiger partial charge in [0.1, 0.15) is 12.2 Å². The van der Waals surface area contributed by atoms with E-state index < -0.39 is 0 Å². The maximum absolute atomic E-state index is 12.2. The molecule has 0 amide bonds. The van der Waals surface area contributed by atoms with E-state index in [2.05, 4.69) is 19.9 Å². The number of methoxy groups -OCH3 is 2. The Morgan fingerprint density at radius 2 is 1.09 bits per heavy atom. The molecule has 0 N–H and O–H groups in total. The Hall–Kier alpha value is -3.92. The molecule has 2 fully saturated rings. The Kier molecular flexibility index (Phi) is 9.09. The molecule has 2 atom stereocenters. The molecule has 10 nitrogen and oxygen atoms in total. The third-order valence-electron chi connectivity index (χ3n) is 9.40. The van der Waals surface area contributed by atoms with Gasteiger partial charge in [0.05, 0.1) is 50.2 Å². The molecule has 238 valence electrons. The van der Waals surface area contributed by atoms with Crippen LogP contribution in [0.5, 0.6) is 0 Å². The van der Waals surface area contributed by atoms with E-state index in [1.165, 1.54) is 14.2 Å². The van der Waals surface area contributed by atoms with Gasteiger partial charge in [-0.2, -0.15) is 0 Å². The van der Waals surface area contributed by atoms with Crippen LogP contribution in [0.2, 0.25) is 0 Å². The van der Waals surface area contributed by atoms with Crippen LogP contribution in [0.1, 0.15) is 71.7 Å². The van der Waals surface area contributed by atoms with E-state index in [-0.39, 0.29) is 56.5 Å². The molecular formula is C36H36N4O6Zn. The van der Waals surface area contributed by atoms with E-state index in [0.29, 0.717) is 26.1 Å². The Labute approximate surface area is 285 Å². The average molecular weight is 686 g/mol. The van der Waals surface area contributed by atoms with Crippen molar-refractivity contribution in [2.45, 2.75) is 65.6 Å². The Morgan fingerprint density at radius 1 is 0.681 bits per heavy atom. The molecule has 0 spiro atoms. The number of aryl methyl sites for hydroxylation is 4. The first-order valence-electron chi connectivity index (χ1n) is 15.6. The van der Waals surface area contributed by atoms with Crippen LogP contribution in [0.15, 0.2) is 24.3 Å². The summed E-state index contributed by atoms with van der Waals surface area (Å²) in [5.74, 6) is -0.578. The minimum absolute atomic E-state index is 0. The zero-order chi connectivity index (χ0) is 32.3. The molecule has 0 aromatic carbocycles. The first-order chi connectivity index (χ1) is 22.2. The molecule has 3 aromatic heterocycles. The number of allylic oxidation sites excluding steroid dienone is 2. The van der Waals surface area contributed by atoms with Crippen molar-refractivity contribution < 1.29 is 48.0 Å². The van der Waals surface area contributed by atoms with Crippen molar-refractivity contribution in [3.8, 4) is 0 Å². The molecular weight excluding hydrogens is 650 g/mol. The summed E-state index contributed by atoms with van der Waals surface area (Å²) in [4.78, 5) is 44.8. The third-order valence-corrected chi connectivity index (χ3v) is 9.40. The maximum atomic E-state index is 12.2. The second kappa shape index (κ2) is 12.9. The summed E-state index contributed by atoms with van der Waals surface area (Å²) in [5.41, 5.74) is 14.4. The first-order valence-corrected chi connectivity index (χ1v) is 15.6. The predicted molar refractivity (Wildman–Crippen MR) is 174 cm³/mol. The monoisotopic (exact) mass is 684 g/mol. The Bertz CT molecular complexity index is 2030. The van der Waals surface area contributed by atoms with E-state index in [1.807, 2.05) is 32.0 Å². The summed E-state index contributed by atoms with van der Waals surface area (Å²) in [5, 5.41) is 0. The van der Waals surface area contributed by atoms with E-state index in [1.54, 1.807) is 0 Å². The summed E-state index contributed by atoms with van der Waals surface area (Å²) >= 11 is 0. The Morgan fingerprint density at radius 3 is 1.51 bits per heavy atom. The van der Waals surface area contributed by atoms with Gasteiger partial charge in [0.15, 0.2) is 0 Å². The van der Waals surface area contributed by atoms with Gasteiger partial charge >= 0.3 is 31.4 Å². The van der Waals surface area contributed by atoms with Crippen LogP contribution < -0.4 is 9.97 Å². The van der Waals surface area contributed by atoms with Gasteiger partial charge in [-0.15, -0.1) is 22.1 Å². The zero-order valence-electron chi connectivity index (χ0n) is 27.7.